The number of benzene rings is 2. The summed E-state index contributed by atoms with van der Waals surface area (Å²) in [5.41, 5.74) is 2.10. The first-order valence-corrected chi connectivity index (χ1v) is 8.81. The quantitative estimate of drug-likeness (QED) is 0.914. The first-order valence-electron chi connectivity index (χ1n) is 8.81. The lowest BCUT2D eigenvalue weighted by Crippen LogP contribution is -2.44. The highest BCUT2D eigenvalue weighted by molar-refractivity contribution is 6.10. The lowest BCUT2D eigenvalue weighted by atomic mass is 9.73. The molecule has 0 aromatic heterocycles. The van der Waals surface area contributed by atoms with Crippen LogP contribution in [0.15, 0.2) is 54.6 Å². The number of amides is 2. The lowest BCUT2D eigenvalue weighted by molar-refractivity contribution is -0.129. The Labute approximate surface area is 147 Å². The number of carbonyl (C=O) groups is 2. The van der Waals surface area contributed by atoms with Crippen LogP contribution in [-0.2, 0) is 21.4 Å². The van der Waals surface area contributed by atoms with Gasteiger partial charge in [0.15, 0.2) is 0 Å². The molecule has 4 nitrogen and oxygen atoms in total. The summed E-state index contributed by atoms with van der Waals surface area (Å²) in [5, 5.41) is 3.05. The van der Waals surface area contributed by atoms with E-state index in [1.807, 2.05) is 54.6 Å². The molecule has 0 saturated heterocycles. The molecule has 128 valence electrons. The van der Waals surface area contributed by atoms with Gasteiger partial charge in [-0.2, -0.15) is 0 Å². The van der Waals surface area contributed by atoms with E-state index in [2.05, 4.69) is 5.32 Å². The van der Waals surface area contributed by atoms with E-state index in [0.717, 1.165) is 29.7 Å². The number of hydrogen-bond acceptors (Lipinski definition) is 2. The normalized spacial score (nSPS) is 22.0. The van der Waals surface area contributed by atoms with Crippen LogP contribution >= 0.6 is 0 Å². The van der Waals surface area contributed by atoms with Crippen LogP contribution in [0, 0.1) is 0 Å². The van der Waals surface area contributed by atoms with Crippen molar-refractivity contribution in [3.8, 4) is 0 Å². The molecule has 1 saturated carbocycles. The fraction of sp³-hybridized carbons (Fsp3) is 0.333. The van der Waals surface area contributed by atoms with Gasteiger partial charge in [0, 0.05) is 25.2 Å². The highest BCUT2D eigenvalue weighted by Gasteiger charge is 2.51. The molecule has 0 radical (unpaired) electrons. The number of fused-ring (bicyclic) bond motifs is 1. The number of nitrogens with one attached hydrogen (secondary N) is 1. The van der Waals surface area contributed by atoms with Crippen molar-refractivity contribution in [2.45, 2.75) is 37.1 Å². The third-order valence-electron chi connectivity index (χ3n) is 5.25. The Balaban J connectivity index is 1.75. The van der Waals surface area contributed by atoms with Crippen LogP contribution in [0.3, 0.4) is 0 Å². The van der Waals surface area contributed by atoms with Crippen molar-refractivity contribution in [3.05, 3.63) is 65.7 Å². The molecule has 2 aromatic carbocycles. The van der Waals surface area contributed by atoms with E-state index in [1.54, 1.807) is 11.9 Å². The Morgan fingerprint density at radius 2 is 1.80 bits per heavy atom. The molecule has 1 atom stereocenters. The van der Waals surface area contributed by atoms with E-state index in [4.69, 9.17) is 0 Å². The van der Waals surface area contributed by atoms with Crippen molar-refractivity contribution in [2.24, 2.45) is 0 Å². The largest absolute Gasteiger partial charge is 0.353 e. The number of nitrogens with zero attached hydrogens (tertiary/aromatic N) is 1. The van der Waals surface area contributed by atoms with E-state index in [1.165, 1.54) is 0 Å². The average Bonchev–Trinajstić information content (AvgIpc) is 3.41. The van der Waals surface area contributed by atoms with Gasteiger partial charge in [-0.1, -0.05) is 48.5 Å². The van der Waals surface area contributed by atoms with E-state index in [0.29, 0.717) is 12.5 Å². The maximum atomic E-state index is 13.3. The summed E-state index contributed by atoms with van der Waals surface area (Å²) < 4.78 is 0. The molecule has 4 rings (SSSR count). The maximum Gasteiger partial charge on any atom is 0.238 e. The zero-order chi connectivity index (χ0) is 17.4. The Morgan fingerprint density at radius 1 is 1.12 bits per heavy atom. The third-order valence-corrected chi connectivity index (χ3v) is 5.25. The third kappa shape index (κ3) is 2.82. The van der Waals surface area contributed by atoms with E-state index in [9.17, 15) is 9.59 Å². The van der Waals surface area contributed by atoms with Crippen LogP contribution in [0.2, 0.25) is 0 Å². The standard InChI is InChI=1S/C21H22N2O2/c1-23-18-10-6-5-9-17(18)21(20(23)25,13-15-7-3-2-4-8-15)14-19(24)22-16-11-12-16/h2-10,16H,11-14H2,1H3,(H,22,24)/t21-/m1/s1. The molecule has 1 N–H and O–H groups in total. The second kappa shape index (κ2) is 6.03. The molecule has 2 aliphatic rings. The molecule has 2 amide bonds. The number of hydrogen-bond donors (Lipinski definition) is 1. The summed E-state index contributed by atoms with van der Waals surface area (Å²) in [6, 6.07) is 18.1. The molecule has 0 spiro atoms. The summed E-state index contributed by atoms with van der Waals surface area (Å²) >= 11 is 0. The minimum atomic E-state index is -0.828. The predicted octanol–water partition coefficient (Wildman–Crippen LogP) is 2.81. The van der Waals surface area contributed by atoms with E-state index in [-0.39, 0.29) is 18.2 Å². The lowest BCUT2D eigenvalue weighted by Gasteiger charge is -2.28. The number of anilines is 1. The second-order valence-electron chi connectivity index (χ2n) is 7.14. The number of carbonyl (C=O) groups excluding carboxylic acids is 2. The minimum absolute atomic E-state index is 0.00324. The predicted molar refractivity (Wildman–Crippen MR) is 97.5 cm³/mol. The van der Waals surface area contributed by atoms with Crippen molar-refractivity contribution >= 4 is 17.5 Å². The highest BCUT2D eigenvalue weighted by Crippen LogP contribution is 2.45. The van der Waals surface area contributed by atoms with Crippen LogP contribution in [0.4, 0.5) is 5.69 Å². The van der Waals surface area contributed by atoms with Gasteiger partial charge in [-0.05, 0) is 36.5 Å². The van der Waals surface area contributed by atoms with Crippen molar-refractivity contribution in [1.82, 2.24) is 5.32 Å². The van der Waals surface area contributed by atoms with Gasteiger partial charge in [-0.25, -0.2) is 0 Å². The van der Waals surface area contributed by atoms with Gasteiger partial charge < -0.3 is 10.2 Å². The van der Waals surface area contributed by atoms with Crippen molar-refractivity contribution in [1.29, 1.82) is 0 Å². The van der Waals surface area contributed by atoms with E-state index >= 15 is 0 Å². The fourth-order valence-electron chi connectivity index (χ4n) is 3.85. The van der Waals surface area contributed by atoms with Gasteiger partial charge in [-0.3, -0.25) is 9.59 Å². The van der Waals surface area contributed by atoms with Gasteiger partial charge in [0.25, 0.3) is 0 Å². The Kier molecular flexibility index (Phi) is 3.83. The highest BCUT2D eigenvalue weighted by atomic mass is 16.2. The van der Waals surface area contributed by atoms with Crippen LogP contribution < -0.4 is 10.2 Å². The fourth-order valence-corrected chi connectivity index (χ4v) is 3.85. The Morgan fingerprint density at radius 3 is 2.52 bits per heavy atom. The van der Waals surface area contributed by atoms with Gasteiger partial charge in [-0.15, -0.1) is 0 Å². The van der Waals surface area contributed by atoms with Crippen molar-refractivity contribution in [3.63, 3.8) is 0 Å². The molecule has 1 heterocycles. The molecule has 1 aliphatic carbocycles. The van der Waals surface area contributed by atoms with Crippen LogP contribution in [0.25, 0.3) is 0 Å². The van der Waals surface area contributed by atoms with Crippen molar-refractivity contribution < 1.29 is 9.59 Å². The zero-order valence-corrected chi connectivity index (χ0v) is 14.4. The van der Waals surface area contributed by atoms with Gasteiger partial charge in [0.2, 0.25) is 11.8 Å². The molecular formula is C21H22N2O2. The smallest absolute Gasteiger partial charge is 0.238 e. The van der Waals surface area contributed by atoms with E-state index < -0.39 is 5.41 Å². The van der Waals surface area contributed by atoms with Crippen LogP contribution in [-0.4, -0.2) is 24.9 Å². The molecule has 1 fully saturated rings. The minimum Gasteiger partial charge on any atom is -0.353 e. The van der Waals surface area contributed by atoms with Gasteiger partial charge in [0.05, 0.1) is 5.41 Å². The van der Waals surface area contributed by atoms with Crippen LogP contribution in [0.1, 0.15) is 30.4 Å². The monoisotopic (exact) mass is 334 g/mol. The summed E-state index contributed by atoms with van der Waals surface area (Å²) in [6.07, 6.45) is 2.81. The zero-order valence-electron chi connectivity index (χ0n) is 14.4. The number of rotatable bonds is 5. The molecule has 0 bridgehead atoms. The van der Waals surface area contributed by atoms with Gasteiger partial charge in [0.1, 0.15) is 0 Å². The number of likely N-dealkylation sites (N-methyl/N-ethyl adjacent to an activating group) is 1. The second-order valence-corrected chi connectivity index (χ2v) is 7.14. The summed E-state index contributed by atoms with van der Waals surface area (Å²) in [7, 11) is 1.80. The molecule has 1 aliphatic heterocycles. The van der Waals surface area contributed by atoms with Gasteiger partial charge >= 0.3 is 0 Å². The number of para-hydroxylation sites is 1. The Hall–Kier alpha value is -2.62. The maximum absolute atomic E-state index is 13.3. The topological polar surface area (TPSA) is 49.4 Å². The molecular weight excluding hydrogens is 312 g/mol. The SMILES string of the molecule is CN1C(=O)[C@@](CC(=O)NC2CC2)(Cc2ccccc2)c2ccccc21. The summed E-state index contributed by atoms with van der Waals surface area (Å²) in [5.74, 6) is -0.0274. The first-order chi connectivity index (χ1) is 12.1. The average molecular weight is 334 g/mol. The molecule has 25 heavy (non-hydrogen) atoms. The first kappa shape index (κ1) is 15.9. The summed E-state index contributed by atoms with van der Waals surface area (Å²) in [4.78, 5) is 27.6. The molecule has 4 heteroatoms. The summed E-state index contributed by atoms with van der Waals surface area (Å²) in [6.45, 7) is 0. The Bertz CT molecular complexity index is 814. The van der Waals surface area contributed by atoms with Crippen LogP contribution in [0.5, 0.6) is 0 Å². The van der Waals surface area contributed by atoms with Crippen molar-refractivity contribution in [2.75, 3.05) is 11.9 Å². The molecule has 2 aromatic rings. The molecule has 0 unspecified atom stereocenters.